The highest BCUT2D eigenvalue weighted by Crippen LogP contribution is 2.29. The van der Waals surface area contributed by atoms with Gasteiger partial charge >= 0.3 is 11.9 Å². The zero-order valence-electron chi connectivity index (χ0n) is 11.6. The van der Waals surface area contributed by atoms with Crippen LogP contribution in [0.2, 0.25) is 0 Å². The fourth-order valence-electron chi connectivity index (χ4n) is 1.74. The summed E-state index contributed by atoms with van der Waals surface area (Å²) in [6, 6.07) is 3.86. The number of hydrogen-bond donors (Lipinski definition) is 1. The first kappa shape index (κ1) is 17.6. The highest BCUT2D eigenvalue weighted by Gasteiger charge is 2.38. The fourth-order valence-corrected chi connectivity index (χ4v) is 2.12. The highest BCUT2D eigenvalue weighted by molar-refractivity contribution is 9.10. The second kappa shape index (κ2) is 8.09. The average Bonchev–Trinajstić information content (AvgIpc) is 2.42. The molecule has 1 aromatic carbocycles. The summed E-state index contributed by atoms with van der Waals surface area (Å²) in [5.74, 6) is -4.27. The minimum atomic E-state index is -1.69. The second-order valence-electron chi connectivity index (χ2n) is 4.09. The topological polar surface area (TPSA) is 72.8 Å². The van der Waals surface area contributed by atoms with Gasteiger partial charge in [-0.2, -0.15) is 0 Å². The van der Waals surface area contributed by atoms with E-state index in [1.807, 2.05) is 0 Å². The third-order valence-electron chi connectivity index (χ3n) is 2.67. The molecule has 0 radical (unpaired) electrons. The molecule has 1 aromatic rings. The number of carbonyl (C=O) groups excluding carboxylic acids is 2. The maximum absolute atomic E-state index is 13.8. The summed E-state index contributed by atoms with van der Waals surface area (Å²) in [4.78, 5) is 23.7. The molecule has 116 valence electrons. The van der Waals surface area contributed by atoms with E-state index >= 15 is 0 Å². The molecule has 1 rings (SSSR count). The molecule has 1 N–H and O–H groups in total. The molecule has 0 aromatic heterocycles. The van der Waals surface area contributed by atoms with E-state index in [1.54, 1.807) is 13.8 Å². The minimum Gasteiger partial charge on any atom is -0.465 e. The summed E-state index contributed by atoms with van der Waals surface area (Å²) in [5.41, 5.74) is -0.185. The predicted octanol–water partition coefficient (Wildman–Crippen LogP) is 2.36. The number of rotatable bonds is 6. The van der Waals surface area contributed by atoms with Gasteiger partial charge in [-0.3, -0.25) is 9.59 Å². The van der Waals surface area contributed by atoms with Crippen LogP contribution in [-0.2, 0) is 19.1 Å². The van der Waals surface area contributed by atoms with Gasteiger partial charge in [-0.1, -0.05) is 15.9 Å². The first-order chi connectivity index (χ1) is 9.92. The Morgan fingerprint density at radius 3 is 2.24 bits per heavy atom. The van der Waals surface area contributed by atoms with Gasteiger partial charge in [0.2, 0.25) is 0 Å². The van der Waals surface area contributed by atoms with Crippen LogP contribution in [0, 0.1) is 11.7 Å². The van der Waals surface area contributed by atoms with Gasteiger partial charge < -0.3 is 14.6 Å². The van der Waals surface area contributed by atoms with Gasteiger partial charge in [0.1, 0.15) is 11.9 Å². The van der Waals surface area contributed by atoms with Crippen molar-refractivity contribution in [1.82, 2.24) is 0 Å². The van der Waals surface area contributed by atoms with Crippen LogP contribution in [0.25, 0.3) is 0 Å². The summed E-state index contributed by atoms with van der Waals surface area (Å²) in [6.07, 6.45) is -1.69. The van der Waals surface area contributed by atoms with Gasteiger partial charge in [0, 0.05) is 10.0 Å². The van der Waals surface area contributed by atoms with Crippen molar-refractivity contribution in [3.63, 3.8) is 0 Å². The Kier molecular flexibility index (Phi) is 6.77. The maximum Gasteiger partial charge on any atom is 0.323 e. The van der Waals surface area contributed by atoms with Crippen molar-refractivity contribution >= 4 is 27.9 Å². The number of benzene rings is 1. The monoisotopic (exact) mass is 362 g/mol. The molecular weight excluding hydrogens is 347 g/mol. The van der Waals surface area contributed by atoms with Crippen LogP contribution in [0.5, 0.6) is 0 Å². The molecule has 5 nitrogen and oxygen atoms in total. The number of ether oxygens (including phenoxy) is 2. The molecule has 0 saturated carbocycles. The standard InChI is InChI=1S/C14H16BrFO5/c1-3-20-13(18)11(14(19)21-4-2)12(17)9-7-8(15)5-6-10(9)16/h5-7,11-12,17H,3-4H2,1-2H3. The number of hydrogen-bond acceptors (Lipinski definition) is 5. The maximum atomic E-state index is 13.8. The Labute approximate surface area is 130 Å². The van der Waals surface area contributed by atoms with E-state index in [1.165, 1.54) is 12.1 Å². The smallest absolute Gasteiger partial charge is 0.323 e. The van der Waals surface area contributed by atoms with Crippen molar-refractivity contribution in [1.29, 1.82) is 0 Å². The Hall–Kier alpha value is -1.47. The van der Waals surface area contributed by atoms with Crippen molar-refractivity contribution in [2.75, 3.05) is 13.2 Å². The van der Waals surface area contributed by atoms with Crippen LogP contribution < -0.4 is 0 Å². The lowest BCUT2D eigenvalue weighted by Crippen LogP contribution is -2.33. The molecule has 21 heavy (non-hydrogen) atoms. The van der Waals surface area contributed by atoms with Crippen LogP contribution in [0.1, 0.15) is 25.5 Å². The lowest BCUT2D eigenvalue weighted by Gasteiger charge is -2.20. The van der Waals surface area contributed by atoms with Gasteiger partial charge in [-0.25, -0.2) is 4.39 Å². The Morgan fingerprint density at radius 2 is 1.76 bits per heavy atom. The summed E-state index contributed by atoms with van der Waals surface area (Å²) >= 11 is 3.14. The molecule has 0 aliphatic carbocycles. The third kappa shape index (κ3) is 4.50. The number of aliphatic hydroxyl groups is 1. The first-order valence-electron chi connectivity index (χ1n) is 6.38. The normalized spacial score (nSPS) is 12.1. The Balaban J connectivity index is 3.14. The minimum absolute atomic E-state index is 0.0302. The molecule has 7 heteroatoms. The van der Waals surface area contributed by atoms with Crippen molar-refractivity contribution < 1.29 is 28.6 Å². The van der Waals surface area contributed by atoms with E-state index in [0.29, 0.717) is 4.47 Å². The van der Waals surface area contributed by atoms with E-state index in [4.69, 9.17) is 9.47 Å². The molecule has 0 spiro atoms. The van der Waals surface area contributed by atoms with E-state index in [2.05, 4.69) is 15.9 Å². The molecule has 0 fully saturated rings. The van der Waals surface area contributed by atoms with Crippen molar-refractivity contribution in [2.24, 2.45) is 5.92 Å². The largest absolute Gasteiger partial charge is 0.465 e. The molecular formula is C14H16BrFO5. The van der Waals surface area contributed by atoms with E-state index < -0.39 is 29.8 Å². The van der Waals surface area contributed by atoms with Crippen LogP contribution in [0.4, 0.5) is 4.39 Å². The Bertz CT molecular complexity index is 502. The van der Waals surface area contributed by atoms with Crippen LogP contribution in [0.3, 0.4) is 0 Å². The van der Waals surface area contributed by atoms with E-state index in [9.17, 15) is 19.1 Å². The predicted molar refractivity (Wildman–Crippen MR) is 75.8 cm³/mol. The number of esters is 2. The number of carbonyl (C=O) groups is 2. The summed E-state index contributed by atoms with van der Waals surface area (Å²) < 4.78 is 23.8. The number of halogens is 2. The number of aliphatic hydroxyl groups excluding tert-OH is 1. The van der Waals surface area contributed by atoms with Crippen LogP contribution >= 0.6 is 15.9 Å². The zero-order chi connectivity index (χ0) is 16.0. The molecule has 1 unspecified atom stereocenters. The van der Waals surface area contributed by atoms with Gasteiger partial charge in [-0.05, 0) is 32.0 Å². The molecule has 1 atom stereocenters. The average molecular weight is 363 g/mol. The van der Waals surface area contributed by atoms with Crippen LogP contribution in [0.15, 0.2) is 22.7 Å². The lowest BCUT2D eigenvalue weighted by atomic mass is 9.95. The summed E-state index contributed by atoms with van der Waals surface area (Å²) in [6.45, 7) is 3.18. The first-order valence-corrected chi connectivity index (χ1v) is 7.17. The summed E-state index contributed by atoms with van der Waals surface area (Å²) in [7, 11) is 0. The van der Waals surface area contributed by atoms with Crippen molar-refractivity contribution in [2.45, 2.75) is 20.0 Å². The fraction of sp³-hybridized carbons (Fsp3) is 0.429. The summed E-state index contributed by atoms with van der Waals surface area (Å²) in [5, 5.41) is 10.2. The lowest BCUT2D eigenvalue weighted by molar-refractivity contribution is -0.167. The van der Waals surface area contributed by atoms with Crippen molar-refractivity contribution in [3.05, 3.63) is 34.1 Å². The molecule has 0 amide bonds. The Morgan fingerprint density at radius 1 is 1.24 bits per heavy atom. The van der Waals surface area contributed by atoms with E-state index in [0.717, 1.165) is 6.07 Å². The SMILES string of the molecule is CCOC(=O)C(C(=O)OCC)C(O)c1cc(Br)ccc1F. The van der Waals surface area contributed by atoms with Gasteiger partial charge in [0.05, 0.1) is 13.2 Å². The second-order valence-corrected chi connectivity index (χ2v) is 5.01. The van der Waals surface area contributed by atoms with Gasteiger partial charge in [-0.15, -0.1) is 0 Å². The molecule has 0 aliphatic heterocycles. The third-order valence-corrected chi connectivity index (χ3v) is 3.17. The zero-order valence-corrected chi connectivity index (χ0v) is 13.2. The molecule has 0 heterocycles. The molecule has 0 bridgehead atoms. The van der Waals surface area contributed by atoms with Crippen LogP contribution in [-0.4, -0.2) is 30.3 Å². The van der Waals surface area contributed by atoms with E-state index in [-0.39, 0.29) is 18.8 Å². The molecule has 0 saturated heterocycles. The quantitative estimate of drug-likeness (QED) is 0.621. The van der Waals surface area contributed by atoms with Gasteiger partial charge in [0.25, 0.3) is 0 Å². The van der Waals surface area contributed by atoms with Crippen molar-refractivity contribution in [3.8, 4) is 0 Å². The van der Waals surface area contributed by atoms with Gasteiger partial charge in [0.15, 0.2) is 5.92 Å². The highest BCUT2D eigenvalue weighted by atomic mass is 79.9. The molecule has 0 aliphatic rings.